The normalized spacial score (nSPS) is 12.6. The van der Waals surface area contributed by atoms with Crippen molar-refractivity contribution < 1.29 is 0 Å². The maximum absolute atomic E-state index is 4.47. The molecule has 0 spiro atoms. The van der Waals surface area contributed by atoms with Gasteiger partial charge in [-0.1, -0.05) is 12.5 Å². The van der Waals surface area contributed by atoms with Crippen LogP contribution in [0.4, 0.5) is 0 Å². The number of nitrogens with zero attached hydrogens (tertiary/aromatic N) is 1. The van der Waals surface area contributed by atoms with Crippen LogP contribution in [0.15, 0.2) is 12.7 Å². The molecule has 1 N–H and O–H groups in total. The highest BCUT2D eigenvalue weighted by molar-refractivity contribution is 7.11. The number of unbranched alkanes of at least 4 members (excludes halogenated alkanes) is 3. The van der Waals surface area contributed by atoms with Gasteiger partial charge in [-0.05, 0) is 46.6 Å². The van der Waals surface area contributed by atoms with Crippen molar-refractivity contribution >= 4 is 11.3 Å². The number of rotatable bonds is 8. The maximum atomic E-state index is 4.47. The Morgan fingerprint density at radius 2 is 2.12 bits per heavy atom. The summed E-state index contributed by atoms with van der Waals surface area (Å²) < 4.78 is 0. The number of aromatic nitrogens is 1. The monoisotopic (exact) mass is 252 g/mol. The van der Waals surface area contributed by atoms with Crippen LogP contribution in [-0.2, 0) is 0 Å². The molecule has 96 valence electrons. The third-order valence-electron chi connectivity index (χ3n) is 2.87. The fraction of sp³-hybridized carbons (Fsp3) is 0.643. The molecular formula is C14H24N2S. The van der Waals surface area contributed by atoms with Crippen LogP contribution >= 0.6 is 11.3 Å². The van der Waals surface area contributed by atoms with Crippen LogP contribution in [0.2, 0.25) is 0 Å². The molecule has 1 aromatic heterocycles. The molecule has 0 saturated carbocycles. The highest BCUT2D eigenvalue weighted by atomic mass is 32.1. The van der Waals surface area contributed by atoms with E-state index in [1.807, 2.05) is 17.4 Å². The van der Waals surface area contributed by atoms with Crippen LogP contribution in [0.5, 0.6) is 0 Å². The molecule has 1 unspecified atom stereocenters. The van der Waals surface area contributed by atoms with Crippen LogP contribution in [0.25, 0.3) is 0 Å². The minimum atomic E-state index is 0.431. The Balaban J connectivity index is 2.23. The average molecular weight is 252 g/mol. The third kappa shape index (κ3) is 5.00. The van der Waals surface area contributed by atoms with Crippen molar-refractivity contribution in [2.75, 3.05) is 6.54 Å². The van der Waals surface area contributed by atoms with Crippen molar-refractivity contribution in [3.05, 3.63) is 28.2 Å². The summed E-state index contributed by atoms with van der Waals surface area (Å²) in [5.41, 5.74) is 1.18. The van der Waals surface area contributed by atoms with Gasteiger partial charge in [0.15, 0.2) is 0 Å². The van der Waals surface area contributed by atoms with E-state index in [0.717, 1.165) is 18.0 Å². The number of nitrogens with one attached hydrogen (secondary N) is 1. The van der Waals surface area contributed by atoms with Crippen LogP contribution < -0.4 is 5.32 Å². The van der Waals surface area contributed by atoms with E-state index in [9.17, 15) is 0 Å². The molecular weight excluding hydrogens is 228 g/mol. The minimum absolute atomic E-state index is 0.431. The van der Waals surface area contributed by atoms with E-state index in [1.54, 1.807) is 0 Å². The summed E-state index contributed by atoms with van der Waals surface area (Å²) in [5, 5.41) is 4.74. The van der Waals surface area contributed by atoms with Crippen molar-refractivity contribution in [1.82, 2.24) is 10.3 Å². The Kier molecular flexibility index (Phi) is 6.45. The predicted molar refractivity (Wildman–Crippen MR) is 76.7 cm³/mol. The van der Waals surface area contributed by atoms with Crippen molar-refractivity contribution in [3.8, 4) is 0 Å². The van der Waals surface area contributed by atoms with E-state index in [1.165, 1.54) is 29.8 Å². The summed E-state index contributed by atoms with van der Waals surface area (Å²) in [4.78, 5) is 5.85. The zero-order valence-corrected chi connectivity index (χ0v) is 12.1. The number of aryl methyl sites for hydroxylation is 2. The highest BCUT2D eigenvalue weighted by Crippen LogP contribution is 2.24. The van der Waals surface area contributed by atoms with E-state index in [4.69, 9.17) is 0 Å². The van der Waals surface area contributed by atoms with Gasteiger partial charge in [-0.3, -0.25) is 0 Å². The standard InChI is InChI=1S/C14H24N2S/c1-5-6-7-8-9-10-15-11(2)14-12(3)16-13(4)17-14/h5,11,15H,1,6-10H2,2-4H3. The first-order valence-electron chi connectivity index (χ1n) is 6.43. The van der Waals surface area contributed by atoms with E-state index in [0.29, 0.717) is 6.04 Å². The Labute approximate surface area is 109 Å². The lowest BCUT2D eigenvalue weighted by atomic mass is 10.2. The van der Waals surface area contributed by atoms with Gasteiger partial charge in [0.2, 0.25) is 0 Å². The molecule has 1 aromatic rings. The van der Waals surface area contributed by atoms with Gasteiger partial charge in [0.05, 0.1) is 10.7 Å². The van der Waals surface area contributed by atoms with Crippen LogP contribution in [-0.4, -0.2) is 11.5 Å². The summed E-state index contributed by atoms with van der Waals surface area (Å²) in [6, 6.07) is 0.431. The zero-order valence-electron chi connectivity index (χ0n) is 11.3. The lowest BCUT2D eigenvalue weighted by Gasteiger charge is -2.12. The van der Waals surface area contributed by atoms with Crippen molar-refractivity contribution in [2.45, 2.75) is 52.5 Å². The second-order valence-corrected chi connectivity index (χ2v) is 5.73. The summed E-state index contributed by atoms with van der Waals surface area (Å²) >= 11 is 1.81. The van der Waals surface area contributed by atoms with Gasteiger partial charge in [0, 0.05) is 10.9 Å². The zero-order chi connectivity index (χ0) is 12.7. The Morgan fingerprint density at radius 1 is 1.35 bits per heavy atom. The minimum Gasteiger partial charge on any atom is -0.309 e. The fourth-order valence-corrected chi connectivity index (χ4v) is 2.90. The molecule has 0 aliphatic heterocycles. The molecule has 0 aliphatic carbocycles. The Bertz CT molecular complexity index is 344. The summed E-state index contributed by atoms with van der Waals surface area (Å²) in [6.45, 7) is 11.2. The molecule has 1 heterocycles. The second kappa shape index (κ2) is 7.62. The molecule has 2 nitrogen and oxygen atoms in total. The van der Waals surface area contributed by atoms with Gasteiger partial charge in [0.1, 0.15) is 0 Å². The third-order valence-corrected chi connectivity index (χ3v) is 4.12. The lowest BCUT2D eigenvalue weighted by Crippen LogP contribution is -2.19. The molecule has 0 fully saturated rings. The van der Waals surface area contributed by atoms with Gasteiger partial charge < -0.3 is 5.32 Å². The van der Waals surface area contributed by atoms with Crippen molar-refractivity contribution in [2.24, 2.45) is 0 Å². The molecule has 1 rings (SSSR count). The molecule has 1 atom stereocenters. The van der Waals surface area contributed by atoms with Gasteiger partial charge in [-0.2, -0.15) is 0 Å². The van der Waals surface area contributed by atoms with Crippen LogP contribution in [0.1, 0.15) is 54.2 Å². The smallest absolute Gasteiger partial charge is 0.0900 e. The summed E-state index contributed by atoms with van der Waals surface area (Å²) in [6.07, 6.45) is 6.93. The van der Waals surface area contributed by atoms with Crippen molar-refractivity contribution in [1.29, 1.82) is 0 Å². The van der Waals surface area contributed by atoms with E-state index >= 15 is 0 Å². The van der Waals surface area contributed by atoms with Crippen molar-refractivity contribution in [3.63, 3.8) is 0 Å². The van der Waals surface area contributed by atoms with E-state index in [2.05, 4.69) is 37.7 Å². The number of hydrogen-bond donors (Lipinski definition) is 1. The molecule has 0 saturated heterocycles. The highest BCUT2D eigenvalue weighted by Gasteiger charge is 2.11. The van der Waals surface area contributed by atoms with Crippen LogP contribution in [0.3, 0.4) is 0 Å². The largest absolute Gasteiger partial charge is 0.309 e. The molecule has 0 aliphatic rings. The first kappa shape index (κ1) is 14.4. The molecule has 0 bridgehead atoms. The molecule has 17 heavy (non-hydrogen) atoms. The molecule has 0 radical (unpaired) electrons. The molecule has 3 heteroatoms. The maximum Gasteiger partial charge on any atom is 0.0900 e. The van der Waals surface area contributed by atoms with Gasteiger partial charge in [-0.15, -0.1) is 17.9 Å². The summed E-state index contributed by atoms with van der Waals surface area (Å²) in [5.74, 6) is 0. The Hall–Kier alpha value is -0.670. The van der Waals surface area contributed by atoms with Gasteiger partial charge in [0.25, 0.3) is 0 Å². The van der Waals surface area contributed by atoms with E-state index in [-0.39, 0.29) is 0 Å². The molecule has 0 aromatic carbocycles. The fourth-order valence-electron chi connectivity index (χ4n) is 1.95. The number of allylic oxidation sites excluding steroid dienone is 1. The van der Waals surface area contributed by atoms with E-state index < -0.39 is 0 Å². The number of hydrogen-bond acceptors (Lipinski definition) is 3. The molecule has 0 amide bonds. The second-order valence-electron chi connectivity index (χ2n) is 4.50. The van der Waals surface area contributed by atoms with Gasteiger partial charge in [-0.25, -0.2) is 4.98 Å². The van der Waals surface area contributed by atoms with Crippen LogP contribution in [0, 0.1) is 13.8 Å². The summed E-state index contributed by atoms with van der Waals surface area (Å²) in [7, 11) is 0. The Morgan fingerprint density at radius 3 is 2.71 bits per heavy atom. The topological polar surface area (TPSA) is 24.9 Å². The first-order valence-corrected chi connectivity index (χ1v) is 7.25. The predicted octanol–water partition coefficient (Wildman–Crippen LogP) is 4.16. The number of thiazole rings is 1. The first-order chi connectivity index (χ1) is 8.15. The quantitative estimate of drug-likeness (QED) is 0.555. The lowest BCUT2D eigenvalue weighted by molar-refractivity contribution is 0.543. The SMILES string of the molecule is C=CCCCCCNC(C)c1sc(C)nc1C. The van der Waals surface area contributed by atoms with Gasteiger partial charge >= 0.3 is 0 Å². The average Bonchev–Trinajstić information content (AvgIpc) is 2.62.